The van der Waals surface area contributed by atoms with Gasteiger partial charge in [0.2, 0.25) is 0 Å². The number of halogens is 1. The van der Waals surface area contributed by atoms with Crippen LogP contribution < -0.4 is 10.6 Å². The minimum Gasteiger partial charge on any atom is -0.315 e. The first-order chi connectivity index (χ1) is 7.87. The predicted molar refractivity (Wildman–Crippen MR) is 74.9 cm³/mol. The number of allylic oxidation sites excluding steroid dienone is 1. The van der Waals surface area contributed by atoms with Crippen LogP contribution in [0.4, 0.5) is 10.5 Å². The average molecular weight is 297 g/mol. The summed E-state index contributed by atoms with van der Waals surface area (Å²) >= 11 is 3.34. The number of rotatable bonds is 2. The molecule has 0 aliphatic heterocycles. The zero-order valence-corrected chi connectivity index (χ0v) is 11.8. The van der Waals surface area contributed by atoms with Crippen molar-refractivity contribution in [3.8, 4) is 0 Å². The molecule has 1 aromatic carbocycles. The topological polar surface area (TPSA) is 41.1 Å². The van der Waals surface area contributed by atoms with Crippen molar-refractivity contribution in [2.24, 2.45) is 5.41 Å². The van der Waals surface area contributed by atoms with Crippen LogP contribution >= 0.6 is 15.9 Å². The van der Waals surface area contributed by atoms with Crippen LogP contribution in [0.3, 0.4) is 0 Å². The van der Waals surface area contributed by atoms with Gasteiger partial charge in [-0.05, 0) is 29.7 Å². The minimum absolute atomic E-state index is 0.0604. The Hall–Kier alpha value is -1.29. The van der Waals surface area contributed by atoms with Gasteiger partial charge in [0.15, 0.2) is 0 Å². The lowest BCUT2D eigenvalue weighted by Crippen LogP contribution is -2.24. The molecule has 0 aliphatic rings. The van der Waals surface area contributed by atoms with E-state index in [9.17, 15) is 4.79 Å². The molecule has 0 aliphatic carbocycles. The van der Waals surface area contributed by atoms with Crippen molar-refractivity contribution < 1.29 is 4.79 Å². The van der Waals surface area contributed by atoms with E-state index in [1.165, 1.54) is 0 Å². The number of benzene rings is 1. The lowest BCUT2D eigenvalue weighted by molar-refractivity contribution is 0.255. The second-order valence-electron chi connectivity index (χ2n) is 4.80. The van der Waals surface area contributed by atoms with E-state index in [1.807, 2.05) is 30.3 Å². The lowest BCUT2D eigenvalue weighted by atomic mass is 9.97. The van der Waals surface area contributed by atoms with E-state index in [0.29, 0.717) is 0 Å². The van der Waals surface area contributed by atoms with Gasteiger partial charge in [0.25, 0.3) is 0 Å². The zero-order chi connectivity index (χ0) is 12.9. The van der Waals surface area contributed by atoms with Crippen LogP contribution in [0.25, 0.3) is 0 Å². The van der Waals surface area contributed by atoms with Gasteiger partial charge < -0.3 is 10.6 Å². The molecule has 92 valence electrons. The second-order valence-corrected chi connectivity index (χ2v) is 5.72. The molecule has 0 spiro atoms. The van der Waals surface area contributed by atoms with Gasteiger partial charge in [-0.2, -0.15) is 0 Å². The summed E-state index contributed by atoms with van der Waals surface area (Å²) in [6.45, 7) is 6.20. The van der Waals surface area contributed by atoms with Gasteiger partial charge in [-0.1, -0.05) is 42.8 Å². The van der Waals surface area contributed by atoms with E-state index in [4.69, 9.17) is 0 Å². The normalized spacial score (nSPS) is 11.5. The molecule has 3 nitrogen and oxygen atoms in total. The molecule has 4 heteroatoms. The van der Waals surface area contributed by atoms with Crippen LogP contribution in [0, 0.1) is 5.41 Å². The third-order valence-corrected chi connectivity index (χ3v) is 2.43. The maximum Gasteiger partial charge on any atom is 0.323 e. The monoisotopic (exact) mass is 296 g/mol. The van der Waals surface area contributed by atoms with Crippen LogP contribution in [0.1, 0.15) is 20.8 Å². The van der Waals surface area contributed by atoms with Gasteiger partial charge in [0.1, 0.15) is 0 Å². The van der Waals surface area contributed by atoms with E-state index < -0.39 is 0 Å². The molecule has 1 aromatic rings. The van der Waals surface area contributed by atoms with Crippen molar-refractivity contribution in [2.75, 3.05) is 5.32 Å². The summed E-state index contributed by atoms with van der Waals surface area (Å²) in [4.78, 5) is 11.5. The molecule has 0 unspecified atom stereocenters. The number of anilines is 1. The highest BCUT2D eigenvalue weighted by Gasteiger charge is 2.04. The SMILES string of the molecule is CC(C)(C)/C=C/NC(=O)Nc1ccc(Br)cc1. The van der Waals surface area contributed by atoms with Gasteiger partial charge in [-0.3, -0.25) is 0 Å². The first-order valence-electron chi connectivity index (χ1n) is 5.38. The number of nitrogens with one attached hydrogen (secondary N) is 2. The third-order valence-electron chi connectivity index (χ3n) is 1.90. The summed E-state index contributed by atoms with van der Waals surface area (Å²) < 4.78 is 0.982. The highest BCUT2D eigenvalue weighted by Crippen LogP contribution is 2.14. The number of amides is 2. The number of carbonyl (C=O) groups excluding carboxylic acids is 1. The fraction of sp³-hybridized carbons (Fsp3) is 0.308. The van der Waals surface area contributed by atoms with E-state index in [0.717, 1.165) is 10.2 Å². The lowest BCUT2D eigenvalue weighted by Gasteiger charge is -2.11. The summed E-state index contributed by atoms with van der Waals surface area (Å²) in [6.07, 6.45) is 3.60. The van der Waals surface area contributed by atoms with Gasteiger partial charge >= 0.3 is 6.03 Å². The van der Waals surface area contributed by atoms with Gasteiger partial charge in [0.05, 0.1) is 0 Å². The molecular formula is C13H17BrN2O. The van der Waals surface area contributed by atoms with Crippen molar-refractivity contribution in [2.45, 2.75) is 20.8 Å². The highest BCUT2D eigenvalue weighted by molar-refractivity contribution is 9.10. The van der Waals surface area contributed by atoms with Crippen molar-refractivity contribution in [3.05, 3.63) is 41.0 Å². The van der Waals surface area contributed by atoms with Crippen LogP contribution in [0.15, 0.2) is 41.0 Å². The standard InChI is InChI=1S/C13H17BrN2O/c1-13(2,3)8-9-15-12(17)16-11-6-4-10(14)5-7-11/h4-9H,1-3H3,(H2,15,16,17)/b9-8+. The second kappa shape index (κ2) is 5.87. The average Bonchev–Trinajstić information content (AvgIpc) is 2.19. The maximum absolute atomic E-state index is 11.5. The van der Waals surface area contributed by atoms with Crippen LogP contribution in [0.2, 0.25) is 0 Å². The van der Waals surface area contributed by atoms with E-state index in [1.54, 1.807) is 6.20 Å². The summed E-state index contributed by atoms with van der Waals surface area (Å²) in [7, 11) is 0. The molecular weight excluding hydrogens is 280 g/mol. The maximum atomic E-state index is 11.5. The molecule has 0 fully saturated rings. The minimum atomic E-state index is -0.243. The summed E-state index contributed by atoms with van der Waals surface area (Å²) in [5, 5.41) is 5.39. The summed E-state index contributed by atoms with van der Waals surface area (Å²) in [5.41, 5.74) is 0.820. The van der Waals surface area contributed by atoms with Crippen LogP contribution in [0.5, 0.6) is 0 Å². The predicted octanol–water partition coefficient (Wildman–Crippen LogP) is 4.13. The van der Waals surface area contributed by atoms with Crippen LogP contribution in [-0.4, -0.2) is 6.03 Å². The molecule has 1 rings (SSSR count). The van der Waals surface area contributed by atoms with Gasteiger partial charge in [-0.25, -0.2) is 4.79 Å². The molecule has 2 amide bonds. The summed E-state index contributed by atoms with van der Waals surface area (Å²) in [6, 6.07) is 7.17. The Morgan fingerprint density at radius 2 is 1.82 bits per heavy atom. The van der Waals surface area contributed by atoms with E-state index >= 15 is 0 Å². The highest BCUT2D eigenvalue weighted by atomic mass is 79.9. The third kappa shape index (κ3) is 6.12. The summed E-state index contributed by atoms with van der Waals surface area (Å²) in [5.74, 6) is 0. The first kappa shape index (κ1) is 13.8. The van der Waals surface area contributed by atoms with Crippen molar-refractivity contribution in [1.82, 2.24) is 5.32 Å². The van der Waals surface area contributed by atoms with Crippen LogP contribution in [-0.2, 0) is 0 Å². The van der Waals surface area contributed by atoms with Gasteiger partial charge in [-0.15, -0.1) is 0 Å². The quantitative estimate of drug-likeness (QED) is 0.846. The Morgan fingerprint density at radius 3 is 2.35 bits per heavy atom. The number of hydrogen-bond donors (Lipinski definition) is 2. The molecule has 0 aromatic heterocycles. The molecule has 0 atom stereocenters. The fourth-order valence-corrected chi connectivity index (χ4v) is 1.33. The molecule has 17 heavy (non-hydrogen) atoms. The Bertz CT molecular complexity index is 404. The molecule has 0 heterocycles. The Labute approximate surface area is 110 Å². The van der Waals surface area contributed by atoms with E-state index in [-0.39, 0.29) is 11.4 Å². The van der Waals surface area contributed by atoms with Crippen molar-refractivity contribution in [3.63, 3.8) is 0 Å². The number of urea groups is 1. The van der Waals surface area contributed by atoms with E-state index in [2.05, 4.69) is 47.3 Å². The molecule has 0 saturated carbocycles. The molecule has 0 radical (unpaired) electrons. The zero-order valence-electron chi connectivity index (χ0n) is 10.3. The molecule has 0 saturated heterocycles. The Kier molecular flexibility index (Phi) is 4.75. The van der Waals surface area contributed by atoms with Crippen molar-refractivity contribution >= 4 is 27.6 Å². The smallest absolute Gasteiger partial charge is 0.315 e. The molecule has 2 N–H and O–H groups in total. The van der Waals surface area contributed by atoms with Crippen molar-refractivity contribution in [1.29, 1.82) is 0 Å². The number of hydrogen-bond acceptors (Lipinski definition) is 1. The number of carbonyl (C=O) groups is 1. The largest absolute Gasteiger partial charge is 0.323 e. The van der Waals surface area contributed by atoms with Gasteiger partial charge in [0, 0.05) is 16.4 Å². The Morgan fingerprint density at radius 1 is 1.24 bits per heavy atom. The molecule has 0 bridgehead atoms. The Balaban J connectivity index is 2.45. The fourth-order valence-electron chi connectivity index (χ4n) is 1.07. The first-order valence-corrected chi connectivity index (χ1v) is 6.17.